The average Bonchev–Trinajstić information content (AvgIpc) is 3.33. The molecule has 1 fully saturated rings. The Morgan fingerprint density at radius 2 is 1.84 bits per heavy atom. The minimum absolute atomic E-state index is 0.151. The molecular formula is C29H33N5O3. The van der Waals surface area contributed by atoms with Crippen LogP contribution in [0.5, 0.6) is 0 Å². The van der Waals surface area contributed by atoms with Crippen LogP contribution in [0.25, 0.3) is 27.8 Å². The summed E-state index contributed by atoms with van der Waals surface area (Å²) in [6, 6.07) is 18.3. The summed E-state index contributed by atoms with van der Waals surface area (Å²) in [4.78, 5) is 20.0. The fraction of sp³-hybridized carbons (Fsp3) is 0.345. The van der Waals surface area contributed by atoms with E-state index in [1.807, 2.05) is 42.1 Å². The van der Waals surface area contributed by atoms with Crippen LogP contribution in [0.3, 0.4) is 0 Å². The van der Waals surface area contributed by atoms with E-state index in [2.05, 4.69) is 48.3 Å². The number of carbonyl (C=O) groups is 1. The van der Waals surface area contributed by atoms with Crippen molar-refractivity contribution in [2.75, 3.05) is 50.2 Å². The number of aromatic nitrogens is 3. The van der Waals surface area contributed by atoms with Gasteiger partial charge in [0.15, 0.2) is 11.3 Å². The highest BCUT2D eigenvalue weighted by Crippen LogP contribution is 2.36. The van der Waals surface area contributed by atoms with Crippen LogP contribution in [0.4, 0.5) is 11.4 Å². The van der Waals surface area contributed by atoms with Crippen LogP contribution in [0, 0.1) is 0 Å². The number of anilines is 2. The molecule has 0 bridgehead atoms. The van der Waals surface area contributed by atoms with Gasteiger partial charge in [-0.05, 0) is 60.4 Å². The molecule has 1 aliphatic heterocycles. The summed E-state index contributed by atoms with van der Waals surface area (Å²) >= 11 is 0. The van der Waals surface area contributed by atoms with E-state index < -0.39 is 5.97 Å². The van der Waals surface area contributed by atoms with E-state index in [4.69, 9.17) is 19.6 Å². The number of carbonyl (C=O) groups excluding carboxylic acids is 1. The Morgan fingerprint density at radius 1 is 1.08 bits per heavy atom. The smallest absolute Gasteiger partial charge is 0.357 e. The maximum Gasteiger partial charge on any atom is 0.357 e. The van der Waals surface area contributed by atoms with E-state index in [9.17, 15) is 4.79 Å². The number of pyridine rings is 1. The molecule has 0 unspecified atom stereocenters. The lowest BCUT2D eigenvalue weighted by Gasteiger charge is -2.29. The van der Waals surface area contributed by atoms with Gasteiger partial charge in [-0.3, -0.25) is 0 Å². The van der Waals surface area contributed by atoms with E-state index >= 15 is 0 Å². The first-order valence-electron chi connectivity index (χ1n) is 12.8. The Bertz CT molecular complexity index is 1410. The summed E-state index contributed by atoms with van der Waals surface area (Å²) in [5.74, 6) is -0.295. The highest BCUT2D eigenvalue weighted by atomic mass is 16.5. The lowest BCUT2D eigenvalue weighted by Crippen LogP contribution is -2.36. The third kappa shape index (κ3) is 4.89. The number of fused-ring (bicyclic) bond motifs is 1. The Labute approximate surface area is 217 Å². The highest BCUT2D eigenvalue weighted by molar-refractivity contribution is 6.00. The maximum atomic E-state index is 12.9. The van der Waals surface area contributed by atoms with Crippen molar-refractivity contribution in [2.45, 2.75) is 26.7 Å². The number of esters is 1. The quantitative estimate of drug-likeness (QED) is 0.347. The molecule has 2 aromatic carbocycles. The van der Waals surface area contributed by atoms with Gasteiger partial charge < -0.3 is 19.7 Å². The summed E-state index contributed by atoms with van der Waals surface area (Å²) in [7, 11) is 1.88. The molecule has 0 amide bonds. The van der Waals surface area contributed by atoms with Crippen molar-refractivity contribution in [3.8, 4) is 16.8 Å². The van der Waals surface area contributed by atoms with E-state index in [0.717, 1.165) is 65.6 Å². The van der Waals surface area contributed by atoms with Gasteiger partial charge in [0.25, 0.3) is 0 Å². The number of hydrogen-bond donors (Lipinski definition) is 1. The highest BCUT2D eigenvalue weighted by Gasteiger charge is 2.24. The third-order valence-corrected chi connectivity index (χ3v) is 6.63. The summed E-state index contributed by atoms with van der Waals surface area (Å²) < 4.78 is 12.7. The first-order chi connectivity index (χ1) is 18.0. The second-order valence-electron chi connectivity index (χ2n) is 9.37. The van der Waals surface area contributed by atoms with Gasteiger partial charge in [-0.1, -0.05) is 32.0 Å². The molecular weight excluding hydrogens is 466 g/mol. The number of nitrogens with zero attached hydrogens (tertiary/aromatic N) is 4. The number of ether oxygens (including phenoxy) is 2. The van der Waals surface area contributed by atoms with Crippen molar-refractivity contribution in [3.63, 3.8) is 0 Å². The summed E-state index contributed by atoms with van der Waals surface area (Å²) in [5.41, 5.74) is 6.74. The van der Waals surface area contributed by atoms with Gasteiger partial charge in [-0.15, -0.1) is 0 Å². The van der Waals surface area contributed by atoms with Gasteiger partial charge in [0, 0.05) is 31.5 Å². The molecule has 8 heteroatoms. The topological polar surface area (TPSA) is 81.5 Å². The number of nitrogens with one attached hydrogen (secondary N) is 1. The molecule has 192 valence electrons. The third-order valence-electron chi connectivity index (χ3n) is 6.63. The molecule has 5 rings (SSSR count). The molecule has 1 aliphatic rings. The molecule has 0 radical (unpaired) electrons. The van der Waals surface area contributed by atoms with Crippen molar-refractivity contribution in [2.24, 2.45) is 0 Å². The normalized spacial score (nSPS) is 13.8. The summed E-state index contributed by atoms with van der Waals surface area (Å²) in [6.45, 7) is 9.56. The number of benzene rings is 2. The molecule has 8 nitrogen and oxygen atoms in total. The molecule has 37 heavy (non-hydrogen) atoms. The molecule has 0 spiro atoms. The molecule has 0 saturated carbocycles. The zero-order chi connectivity index (χ0) is 25.9. The largest absolute Gasteiger partial charge is 0.461 e. The van der Waals surface area contributed by atoms with Crippen molar-refractivity contribution in [1.82, 2.24) is 14.8 Å². The Kier molecular flexibility index (Phi) is 7.10. The minimum atomic E-state index is -0.446. The van der Waals surface area contributed by atoms with Crippen LogP contribution >= 0.6 is 0 Å². The monoisotopic (exact) mass is 499 g/mol. The SMILES string of the molecule is CCOC(=O)c1cc(-c2ccc(N3CCOCC3)cc2)c2c(C(C)C)nn(-c3cccc(NC)c3)c2n1. The summed E-state index contributed by atoms with van der Waals surface area (Å²) in [5, 5.41) is 9.14. The van der Waals surface area contributed by atoms with Crippen LogP contribution in [0.15, 0.2) is 54.6 Å². The van der Waals surface area contributed by atoms with E-state index in [1.165, 1.54) is 0 Å². The van der Waals surface area contributed by atoms with Crippen molar-refractivity contribution >= 4 is 28.4 Å². The second-order valence-corrected chi connectivity index (χ2v) is 9.37. The van der Waals surface area contributed by atoms with Crippen LogP contribution in [-0.4, -0.2) is 60.7 Å². The van der Waals surface area contributed by atoms with Crippen molar-refractivity contribution in [1.29, 1.82) is 0 Å². The molecule has 0 atom stereocenters. The number of rotatable bonds is 7. The van der Waals surface area contributed by atoms with E-state index in [-0.39, 0.29) is 18.2 Å². The molecule has 0 aliphatic carbocycles. The van der Waals surface area contributed by atoms with Crippen molar-refractivity contribution in [3.05, 3.63) is 66.0 Å². The Morgan fingerprint density at radius 3 is 2.51 bits per heavy atom. The predicted octanol–water partition coefficient (Wildman–Crippen LogP) is 5.27. The van der Waals surface area contributed by atoms with Gasteiger partial charge in [0.1, 0.15) is 0 Å². The first-order valence-corrected chi connectivity index (χ1v) is 12.8. The molecule has 1 saturated heterocycles. The zero-order valence-electron chi connectivity index (χ0n) is 21.8. The molecule has 4 aromatic rings. The fourth-order valence-electron chi connectivity index (χ4n) is 4.73. The number of hydrogen-bond acceptors (Lipinski definition) is 7. The minimum Gasteiger partial charge on any atom is -0.461 e. The van der Waals surface area contributed by atoms with Crippen LogP contribution in [-0.2, 0) is 9.47 Å². The lowest BCUT2D eigenvalue weighted by molar-refractivity contribution is 0.0520. The summed E-state index contributed by atoms with van der Waals surface area (Å²) in [6.07, 6.45) is 0. The number of morpholine rings is 1. The molecule has 1 N–H and O–H groups in total. The van der Waals surface area contributed by atoms with Gasteiger partial charge in [0.05, 0.1) is 36.6 Å². The molecule has 3 heterocycles. The Hall–Kier alpha value is -3.91. The van der Waals surface area contributed by atoms with Gasteiger partial charge in [0.2, 0.25) is 0 Å². The van der Waals surface area contributed by atoms with Gasteiger partial charge >= 0.3 is 5.97 Å². The molecule has 2 aromatic heterocycles. The van der Waals surface area contributed by atoms with Crippen molar-refractivity contribution < 1.29 is 14.3 Å². The first kappa shape index (κ1) is 24.8. The Balaban J connectivity index is 1.71. The average molecular weight is 500 g/mol. The predicted molar refractivity (Wildman–Crippen MR) is 147 cm³/mol. The second kappa shape index (κ2) is 10.6. The van der Waals surface area contributed by atoms with E-state index in [0.29, 0.717) is 5.65 Å². The van der Waals surface area contributed by atoms with Gasteiger partial charge in [-0.25, -0.2) is 14.5 Å². The van der Waals surface area contributed by atoms with Crippen LogP contribution in [0.2, 0.25) is 0 Å². The van der Waals surface area contributed by atoms with E-state index in [1.54, 1.807) is 6.92 Å². The maximum absolute atomic E-state index is 12.9. The lowest BCUT2D eigenvalue weighted by atomic mass is 9.97. The standard InChI is InChI=1S/C29H33N5O3/c1-5-37-29(35)25-18-24(20-9-11-22(12-10-20)33-13-15-36-16-14-33)26-27(19(2)3)32-34(28(26)31-25)23-8-6-7-21(17-23)30-4/h6-12,17-19,30H,5,13-16H2,1-4H3. The van der Waals surface area contributed by atoms with Crippen LogP contribution < -0.4 is 10.2 Å². The van der Waals surface area contributed by atoms with Crippen LogP contribution in [0.1, 0.15) is 42.9 Å². The fourth-order valence-corrected chi connectivity index (χ4v) is 4.73. The zero-order valence-corrected chi connectivity index (χ0v) is 21.8. The van der Waals surface area contributed by atoms with Gasteiger partial charge in [-0.2, -0.15) is 5.10 Å².